The van der Waals surface area contributed by atoms with Crippen LogP contribution in [0.15, 0.2) is 34.9 Å². The molecule has 0 saturated carbocycles. The maximum atomic E-state index is 12.6. The van der Waals surface area contributed by atoms with E-state index in [4.69, 9.17) is 9.26 Å². The van der Waals surface area contributed by atoms with Gasteiger partial charge < -0.3 is 9.26 Å². The van der Waals surface area contributed by atoms with E-state index in [0.29, 0.717) is 28.4 Å². The van der Waals surface area contributed by atoms with Crippen LogP contribution in [0.4, 0.5) is 0 Å². The first-order valence-corrected chi connectivity index (χ1v) is 10.1. The second-order valence-electron chi connectivity index (χ2n) is 7.72. The van der Waals surface area contributed by atoms with Crippen LogP contribution < -0.4 is 0 Å². The van der Waals surface area contributed by atoms with E-state index in [1.54, 1.807) is 32.0 Å². The number of carbonyl (C=O) groups excluding carboxylic acids is 3. The van der Waals surface area contributed by atoms with E-state index in [-0.39, 0.29) is 31.0 Å². The Morgan fingerprint density at radius 3 is 2.32 bits per heavy atom. The van der Waals surface area contributed by atoms with Crippen molar-refractivity contribution in [3.05, 3.63) is 69.7 Å². The summed E-state index contributed by atoms with van der Waals surface area (Å²) in [7, 11) is 0. The van der Waals surface area contributed by atoms with Crippen molar-refractivity contribution >= 4 is 17.5 Å². The molecule has 0 spiro atoms. The van der Waals surface area contributed by atoms with Gasteiger partial charge in [0.25, 0.3) is 0 Å². The summed E-state index contributed by atoms with van der Waals surface area (Å²) in [5.41, 5.74) is 4.67. The zero-order valence-corrected chi connectivity index (χ0v) is 18.4. The Labute approximate surface area is 181 Å². The van der Waals surface area contributed by atoms with Gasteiger partial charge in [-0.1, -0.05) is 17.3 Å². The molecule has 0 bridgehead atoms. The third kappa shape index (κ3) is 4.99. The fraction of sp³-hybridized carbons (Fsp3) is 0.333. The summed E-state index contributed by atoms with van der Waals surface area (Å²) in [5, 5.41) is 3.99. The van der Waals surface area contributed by atoms with Gasteiger partial charge in [-0.3, -0.25) is 19.0 Å². The van der Waals surface area contributed by atoms with Gasteiger partial charge in [-0.25, -0.2) is 0 Å². The summed E-state index contributed by atoms with van der Waals surface area (Å²) in [6.45, 7) is 8.99. The van der Waals surface area contributed by atoms with Crippen LogP contribution in [0.5, 0.6) is 0 Å². The zero-order valence-electron chi connectivity index (χ0n) is 18.4. The highest BCUT2D eigenvalue weighted by Crippen LogP contribution is 2.21. The summed E-state index contributed by atoms with van der Waals surface area (Å²) in [4.78, 5) is 37.0. The molecule has 1 aromatic carbocycles. The van der Waals surface area contributed by atoms with Gasteiger partial charge in [-0.15, -0.1) is 0 Å². The zero-order chi connectivity index (χ0) is 22.7. The van der Waals surface area contributed by atoms with Gasteiger partial charge in [0.15, 0.2) is 18.2 Å². The Hall–Kier alpha value is -3.48. The number of carbonyl (C=O) groups is 3. The normalized spacial score (nSPS) is 10.9. The predicted octanol–water partition coefficient (Wildman–Crippen LogP) is 4.40. The first-order chi connectivity index (χ1) is 14.7. The van der Waals surface area contributed by atoms with Gasteiger partial charge in [0.1, 0.15) is 5.76 Å². The molecule has 7 nitrogen and oxygen atoms in total. The van der Waals surface area contributed by atoms with E-state index >= 15 is 0 Å². The molecule has 0 unspecified atom stereocenters. The lowest BCUT2D eigenvalue weighted by molar-refractivity contribution is -0.142. The van der Waals surface area contributed by atoms with Crippen LogP contribution >= 0.6 is 0 Å². The fourth-order valence-electron chi connectivity index (χ4n) is 3.43. The minimum atomic E-state index is -0.577. The van der Waals surface area contributed by atoms with Crippen LogP contribution in [0.1, 0.15) is 61.8 Å². The Morgan fingerprint density at radius 1 is 0.935 bits per heavy atom. The van der Waals surface area contributed by atoms with Gasteiger partial charge in [0.05, 0.1) is 6.42 Å². The van der Waals surface area contributed by atoms with E-state index < -0.39 is 5.97 Å². The van der Waals surface area contributed by atoms with Crippen molar-refractivity contribution in [3.63, 3.8) is 0 Å². The number of hydrogen-bond donors (Lipinski definition) is 0. The van der Waals surface area contributed by atoms with Crippen LogP contribution in [0, 0.1) is 34.6 Å². The molecule has 0 radical (unpaired) electrons. The number of esters is 1. The second-order valence-corrected chi connectivity index (χ2v) is 7.72. The molecule has 0 fully saturated rings. The molecule has 7 heteroatoms. The first kappa shape index (κ1) is 22.2. The Kier molecular flexibility index (Phi) is 6.53. The molecule has 31 heavy (non-hydrogen) atoms. The minimum absolute atomic E-state index is 0.0372. The lowest BCUT2D eigenvalue weighted by atomic mass is 10.0. The van der Waals surface area contributed by atoms with E-state index in [9.17, 15) is 14.4 Å². The Morgan fingerprint density at radius 2 is 1.68 bits per heavy atom. The summed E-state index contributed by atoms with van der Waals surface area (Å²) in [6.07, 6.45) is -0.0359. The number of ketones is 2. The summed E-state index contributed by atoms with van der Waals surface area (Å²) >= 11 is 0. The molecule has 0 atom stereocenters. The minimum Gasteiger partial charge on any atom is -0.457 e. The number of benzene rings is 1. The van der Waals surface area contributed by atoms with Crippen LogP contribution in [0.3, 0.4) is 0 Å². The van der Waals surface area contributed by atoms with E-state index in [1.165, 1.54) is 0 Å². The third-order valence-corrected chi connectivity index (χ3v) is 5.33. The summed E-state index contributed by atoms with van der Waals surface area (Å²) in [6, 6.07) is 8.97. The lowest BCUT2D eigenvalue weighted by Crippen LogP contribution is -2.15. The van der Waals surface area contributed by atoms with Gasteiger partial charge in [0.2, 0.25) is 5.78 Å². The van der Waals surface area contributed by atoms with Crippen molar-refractivity contribution in [2.24, 2.45) is 0 Å². The third-order valence-electron chi connectivity index (χ3n) is 5.33. The number of ether oxygens (including phenoxy) is 1. The molecular weight excluding hydrogens is 396 g/mol. The largest absolute Gasteiger partial charge is 0.457 e. The highest BCUT2D eigenvalue weighted by Gasteiger charge is 2.20. The van der Waals surface area contributed by atoms with E-state index in [2.05, 4.69) is 5.16 Å². The molecule has 0 aliphatic heterocycles. The Balaban J connectivity index is 1.56. The number of aryl methyl sites for hydroxylation is 4. The topological polar surface area (TPSA) is 91.4 Å². The summed E-state index contributed by atoms with van der Waals surface area (Å²) in [5.74, 6) is 0.241. The van der Waals surface area contributed by atoms with Crippen LogP contribution in [-0.4, -0.2) is 33.9 Å². The molecule has 0 aliphatic rings. The van der Waals surface area contributed by atoms with Gasteiger partial charge >= 0.3 is 5.97 Å². The average molecular weight is 422 g/mol. The monoisotopic (exact) mass is 422 g/mol. The molecular formula is C24H26N2O5. The standard InChI is InChI=1S/C24H26N2O5/c1-14-6-7-19(10-15(14)2)21(27)8-9-24(29)30-13-22(28)20-11-16(3)26(18(20)5)23-12-17(4)31-25-23/h6-7,10-12H,8-9,13H2,1-5H3. The average Bonchev–Trinajstić information content (AvgIpc) is 3.28. The molecule has 162 valence electrons. The maximum Gasteiger partial charge on any atom is 0.306 e. The van der Waals surface area contributed by atoms with Crippen LogP contribution in [-0.2, 0) is 9.53 Å². The second kappa shape index (κ2) is 9.12. The van der Waals surface area contributed by atoms with Gasteiger partial charge in [-0.05, 0) is 57.9 Å². The Bertz CT molecular complexity index is 1150. The highest BCUT2D eigenvalue weighted by molar-refractivity contribution is 6.00. The SMILES string of the molecule is Cc1cc(-n2c(C)cc(C(=O)COC(=O)CCC(=O)c3ccc(C)c(C)c3)c2C)no1. The van der Waals surface area contributed by atoms with E-state index in [1.807, 2.05) is 37.5 Å². The van der Waals surface area contributed by atoms with Gasteiger partial charge in [-0.2, -0.15) is 0 Å². The van der Waals surface area contributed by atoms with E-state index in [0.717, 1.165) is 16.8 Å². The fourth-order valence-corrected chi connectivity index (χ4v) is 3.43. The van der Waals surface area contributed by atoms with Gasteiger partial charge in [0, 0.05) is 35.0 Å². The van der Waals surface area contributed by atoms with Crippen molar-refractivity contribution in [2.75, 3.05) is 6.61 Å². The summed E-state index contributed by atoms with van der Waals surface area (Å²) < 4.78 is 12.0. The van der Waals surface area contributed by atoms with Crippen molar-refractivity contribution < 1.29 is 23.6 Å². The quantitative estimate of drug-likeness (QED) is 0.395. The molecule has 3 aromatic rings. The van der Waals surface area contributed by atoms with Crippen LogP contribution in [0.25, 0.3) is 5.82 Å². The molecule has 2 heterocycles. The molecule has 2 aromatic heterocycles. The number of nitrogens with zero attached hydrogens (tertiary/aromatic N) is 2. The highest BCUT2D eigenvalue weighted by atomic mass is 16.5. The smallest absolute Gasteiger partial charge is 0.306 e. The molecule has 0 amide bonds. The number of aromatic nitrogens is 2. The molecule has 0 aliphatic carbocycles. The van der Waals surface area contributed by atoms with Crippen molar-refractivity contribution in [1.29, 1.82) is 0 Å². The number of hydrogen-bond acceptors (Lipinski definition) is 6. The molecule has 0 N–H and O–H groups in total. The molecule has 3 rings (SSSR count). The molecule has 0 saturated heterocycles. The van der Waals surface area contributed by atoms with Crippen LogP contribution in [0.2, 0.25) is 0 Å². The first-order valence-electron chi connectivity index (χ1n) is 10.1. The number of rotatable bonds is 8. The van der Waals surface area contributed by atoms with Crippen molar-refractivity contribution in [2.45, 2.75) is 47.5 Å². The maximum absolute atomic E-state index is 12.6. The lowest BCUT2D eigenvalue weighted by Gasteiger charge is -2.07. The van der Waals surface area contributed by atoms with Crippen molar-refractivity contribution in [1.82, 2.24) is 9.72 Å². The predicted molar refractivity (Wildman–Crippen MR) is 115 cm³/mol. The number of Topliss-reactive ketones (excluding diaryl/α,β-unsaturated/α-hetero) is 2. The van der Waals surface area contributed by atoms with Crippen molar-refractivity contribution in [3.8, 4) is 5.82 Å².